The number of thioether (sulfide) groups is 1. The van der Waals surface area contributed by atoms with E-state index in [1.54, 1.807) is 0 Å². The van der Waals surface area contributed by atoms with Gasteiger partial charge in [-0.3, -0.25) is 9.98 Å². The number of amidine groups is 1. The maximum atomic E-state index is 5.06. The molecule has 0 aliphatic carbocycles. The first-order valence-electron chi connectivity index (χ1n) is 8.38. The molecule has 0 unspecified atom stereocenters. The van der Waals surface area contributed by atoms with Gasteiger partial charge in [-0.05, 0) is 37.6 Å². The Labute approximate surface area is 141 Å². The van der Waals surface area contributed by atoms with Gasteiger partial charge in [0.05, 0.1) is 11.7 Å². The van der Waals surface area contributed by atoms with Crippen LogP contribution < -0.4 is 0 Å². The average Bonchev–Trinajstić information content (AvgIpc) is 3.29. The van der Waals surface area contributed by atoms with Crippen LogP contribution in [-0.2, 0) is 6.54 Å². The summed E-state index contributed by atoms with van der Waals surface area (Å²) in [6, 6.07) is 11.5. The molecular formula is C18H22N4S. The Balaban J connectivity index is 1.80. The van der Waals surface area contributed by atoms with Crippen molar-refractivity contribution in [3.8, 4) is 0 Å². The zero-order valence-corrected chi connectivity index (χ0v) is 14.4. The lowest BCUT2D eigenvalue weighted by Gasteiger charge is -2.32. The Bertz CT molecular complexity index is 709. The van der Waals surface area contributed by atoms with Gasteiger partial charge in [-0.25, -0.2) is 0 Å². The fourth-order valence-electron chi connectivity index (χ4n) is 3.65. The summed E-state index contributed by atoms with van der Waals surface area (Å²) in [5.74, 6) is 1.15. The maximum absolute atomic E-state index is 5.06. The number of nitrogens with zero attached hydrogens (tertiary/aromatic N) is 4. The molecule has 2 aromatic rings. The minimum absolute atomic E-state index is 0.0910. The van der Waals surface area contributed by atoms with Crippen LogP contribution in [0.3, 0.4) is 0 Å². The van der Waals surface area contributed by atoms with Gasteiger partial charge in [0.2, 0.25) is 0 Å². The van der Waals surface area contributed by atoms with Crippen molar-refractivity contribution in [2.75, 3.05) is 5.75 Å². The van der Waals surface area contributed by atoms with Gasteiger partial charge < -0.3 is 9.47 Å². The van der Waals surface area contributed by atoms with E-state index >= 15 is 0 Å². The molecule has 0 amide bonds. The van der Waals surface area contributed by atoms with E-state index in [1.807, 2.05) is 24.0 Å². The first-order chi connectivity index (χ1) is 11.3. The van der Waals surface area contributed by atoms with Gasteiger partial charge >= 0.3 is 0 Å². The topological polar surface area (TPSA) is 33.4 Å². The van der Waals surface area contributed by atoms with E-state index in [4.69, 9.17) is 4.99 Å². The van der Waals surface area contributed by atoms with Crippen LogP contribution in [0.15, 0.2) is 47.7 Å². The average molecular weight is 326 g/mol. The van der Waals surface area contributed by atoms with Crippen molar-refractivity contribution in [1.29, 1.82) is 0 Å². The number of aliphatic imine (C=N–C) groups is 1. The van der Waals surface area contributed by atoms with Crippen LogP contribution in [0.1, 0.15) is 43.7 Å². The summed E-state index contributed by atoms with van der Waals surface area (Å²) in [7, 11) is 0. The Hall–Kier alpha value is -1.75. The van der Waals surface area contributed by atoms with Crippen LogP contribution in [-0.4, -0.2) is 31.4 Å². The van der Waals surface area contributed by atoms with E-state index in [2.05, 4.69) is 58.8 Å². The summed E-state index contributed by atoms with van der Waals surface area (Å²) >= 11 is 1.90. The molecule has 4 rings (SSSR count). The molecule has 0 aromatic carbocycles. The number of rotatable bonds is 4. The minimum Gasteiger partial charge on any atom is -0.350 e. The van der Waals surface area contributed by atoms with Crippen molar-refractivity contribution in [2.24, 2.45) is 4.99 Å². The lowest BCUT2D eigenvalue weighted by atomic mass is 9.99. The zero-order chi connectivity index (χ0) is 15.8. The molecule has 5 heteroatoms. The van der Waals surface area contributed by atoms with E-state index in [-0.39, 0.29) is 12.1 Å². The van der Waals surface area contributed by atoms with E-state index < -0.39 is 0 Å². The van der Waals surface area contributed by atoms with Crippen molar-refractivity contribution >= 4 is 16.9 Å². The monoisotopic (exact) mass is 326 g/mol. The number of pyridine rings is 1. The van der Waals surface area contributed by atoms with Gasteiger partial charge in [-0.15, -0.1) is 0 Å². The lowest BCUT2D eigenvalue weighted by Crippen LogP contribution is -2.36. The lowest BCUT2D eigenvalue weighted by molar-refractivity contribution is 0.246. The van der Waals surface area contributed by atoms with Crippen LogP contribution in [0.25, 0.3) is 0 Å². The summed E-state index contributed by atoms with van der Waals surface area (Å²) in [6.07, 6.45) is 5.20. The molecular weight excluding hydrogens is 304 g/mol. The van der Waals surface area contributed by atoms with Crippen LogP contribution in [0.2, 0.25) is 0 Å². The van der Waals surface area contributed by atoms with Crippen LogP contribution >= 0.6 is 11.8 Å². The molecule has 0 saturated carbocycles. The summed E-state index contributed by atoms with van der Waals surface area (Å²) in [4.78, 5) is 12.2. The van der Waals surface area contributed by atoms with Crippen molar-refractivity contribution in [3.05, 3.63) is 54.1 Å². The van der Waals surface area contributed by atoms with Crippen molar-refractivity contribution in [3.63, 3.8) is 0 Å². The van der Waals surface area contributed by atoms with Crippen LogP contribution in [0, 0.1) is 0 Å². The molecule has 4 heterocycles. The molecule has 120 valence electrons. The third-order valence-electron chi connectivity index (χ3n) is 4.84. The highest BCUT2D eigenvalue weighted by Gasteiger charge is 2.46. The Morgan fingerprint density at radius 1 is 1.22 bits per heavy atom. The number of aryl methyl sites for hydroxylation is 1. The Morgan fingerprint density at radius 2 is 2.13 bits per heavy atom. The molecule has 0 spiro atoms. The molecule has 3 atom stereocenters. The van der Waals surface area contributed by atoms with Crippen molar-refractivity contribution in [2.45, 2.75) is 44.9 Å². The van der Waals surface area contributed by atoms with Crippen molar-refractivity contribution in [1.82, 2.24) is 14.5 Å². The Kier molecular flexibility index (Phi) is 3.89. The minimum atomic E-state index is 0.0910. The first-order valence-corrected chi connectivity index (χ1v) is 9.37. The molecule has 23 heavy (non-hydrogen) atoms. The van der Waals surface area contributed by atoms with Gasteiger partial charge in [-0.1, -0.05) is 24.8 Å². The third-order valence-corrected chi connectivity index (χ3v) is 5.96. The summed E-state index contributed by atoms with van der Waals surface area (Å²) < 4.78 is 2.34. The normalized spacial score (nSPS) is 26.4. The number of aromatic nitrogens is 2. The number of fused-ring (bicyclic) bond motifs is 1. The van der Waals surface area contributed by atoms with Gasteiger partial charge in [0, 0.05) is 36.4 Å². The first kappa shape index (κ1) is 14.8. The molecule has 2 aliphatic rings. The standard InChI is InChI=1S/C18H22N4S/c1-3-13-12-23-18-20-16(14-8-5-6-10-19-14)17(22(13)18)15-9-7-11-21(15)4-2/h5-11,13,16-17H,3-4,12H2,1-2H3/t13-,16+,17-/m1/s1. The van der Waals surface area contributed by atoms with E-state index in [0.717, 1.165) is 24.4 Å². The second kappa shape index (κ2) is 6.04. The summed E-state index contributed by atoms with van der Waals surface area (Å²) in [5.41, 5.74) is 2.42. The van der Waals surface area contributed by atoms with Crippen LogP contribution in [0.4, 0.5) is 0 Å². The quantitative estimate of drug-likeness (QED) is 0.855. The second-order valence-corrected chi connectivity index (χ2v) is 7.04. The van der Waals surface area contributed by atoms with Gasteiger partial charge in [0.1, 0.15) is 6.04 Å². The summed E-state index contributed by atoms with van der Waals surface area (Å²) in [5, 5.41) is 1.20. The predicted octanol–water partition coefficient (Wildman–Crippen LogP) is 3.88. The molecule has 0 bridgehead atoms. The van der Waals surface area contributed by atoms with E-state index in [1.165, 1.54) is 10.9 Å². The largest absolute Gasteiger partial charge is 0.350 e. The van der Waals surface area contributed by atoms with Crippen molar-refractivity contribution < 1.29 is 0 Å². The highest BCUT2D eigenvalue weighted by molar-refractivity contribution is 8.14. The fraction of sp³-hybridized carbons (Fsp3) is 0.444. The Morgan fingerprint density at radius 3 is 2.87 bits per heavy atom. The SMILES string of the molecule is CC[C@@H]1CSC2=N[C@@H](c3ccccn3)[C@@H](c3cccn3CC)N21. The van der Waals surface area contributed by atoms with Gasteiger partial charge in [0.15, 0.2) is 5.17 Å². The second-order valence-electron chi connectivity index (χ2n) is 6.06. The maximum Gasteiger partial charge on any atom is 0.160 e. The molecule has 0 N–H and O–H groups in total. The summed E-state index contributed by atoms with van der Waals surface area (Å²) in [6.45, 7) is 5.46. The molecule has 2 aliphatic heterocycles. The zero-order valence-electron chi connectivity index (χ0n) is 13.6. The molecule has 1 saturated heterocycles. The highest BCUT2D eigenvalue weighted by Crippen LogP contribution is 2.48. The highest BCUT2D eigenvalue weighted by atomic mass is 32.2. The van der Waals surface area contributed by atoms with Gasteiger partial charge in [-0.2, -0.15) is 0 Å². The molecule has 0 radical (unpaired) electrons. The molecule has 4 nitrogen and oxygen atoms in total. The predicted molar refractivity (Wildman–Crippen MR) is 95.6 cm³/mol. The van der Waals surface area contributed by atoms with Gasteiger partial charge in [0.25, 0.3) is 0 Å². The molecule has 2 aromatic heterocycles. The smallest absolute Gasteiger partial charge is 0.160 e. The molecule has 1 fully saturated rings. The number of hydrogen-bond acceptors (Lipinski definition) is 4. The van der Waals surface area contributed by atoms with Crippen LogP contribution in [0.5, 0.6) is 0 Å². The number of hydrogen-bond donors (Lipinski definition) is 0. The van der Waals surface area contributed by atoms with E-state index in [0.29, 0.717) is 6.04 Å². The third kappa shape index (κ3) is 2.38. The fourth-order valence-corrected chi connectivity index (χ4v) is 4.99. The van der Waals surface area contributed by atoms with E-state index in [9.17, 15) is 0 Å².